The number of nitrogens with one attached hydrogen (secondary N) is 2. The molecule has 2 amide bonds. The van der Waals surface area contributed by atoms with E-state index in [-0.39, 0.29) is 10.6 Å². The summed E-state index contributed by atoms with van der Waals surface area (Å²) < 4.78 is 68.9. The first-order chi connectivity index (χ1) is 19.0. The lowest BCUT2D eigenvalue weighted by atomic mass is 9.84. The van der Waals surface area contributed by atoms with Gasteiger partial charge in [-0.3, -0.25) is 14.5 Å². The monoisotopic (exact) mass is 605 g/mol. The van der Waals surface area contributed by atoms with Crippen molar-refractivity contribution in [1.29, 1.82) is 0 Å². The number of hydrogen-bond donors (Lipinski definition) is 2. The molecule has 0 aliphatic heterocycles. The van der Waals surface area contributed by atoms with Crippen LogP contribution in [0.2, 0.25) is 0 Å². The van der Waals surface area contributed by atoms with Gasteiger partial charge in [-0.2, -0.15) is 8.42 Å². The van der Waals surface area contributed by atoms with Crippen LogP contribution in [0.25, 0.3) is 0 Å². The number of ether oxygens (including phenoxy) is 1. The standard InChI is InChI=1S/C28H32FN3O7S2/c1-19-6-14-24(15-7-19)41(37,38)30-18-25(33)32(21-10-12-22(39-5)13-11-21)26(28(2,3)4)27(34)31-20-8-16-23(17-9-20)40(29,35)36/h6-17,26,30H,18H2,1-5H3,(H,31,34). The zero-order chi connectivity index (χ0) is 30.6. The molecule has 1 unspecified atom stereocenters. The van der Waals surface area contributed by atoms with E-state index in [2.05, 4.69) is 10.0 Å². The Kier molecular flexibility index (Phi) is 9.57. The molecule has 0 heterocycles. The fraction of sp³-hybridized carbons (Fsp3) is 0.286. The maximum Gasteiger partial charge on any atom is 0.332 e. The van der Waals surface area contributed by atoms with Gasteiger partial charge >= 0.3 is 10.2 Å². The Morgan fingerprint density at radius 1 is 0.878 bits per heavy atom. The van der Waals surface area contributed by atoms with Crippen molar-refractivity contribution in [3.63, 3.8) is 0 Å². The second-order valence-electron chi connectivity index (χ2n) is 10.3. The van der Waals surface area contributed by atoms with E-state index in [9.17, 15) is 30.3 Å². The topological polar surface area (TPSA) is 139 Å². The summed E-state index contributed by atoms with van der Waals surface area (Å²) in [7, 11) is -7.49. The lowest BCUT2D eigenvalue weighted by Crippen LogP contribution is -2.56. The second-order valence-corrected chi connectivity index (χ2v) is 13.4. The van der Waals surface area contributed by atoms with Crippen molar-refractivity contribution in [2.45, 2.75) is 43.5 Å². The average molecular weight is 606 g/mol. The van der Waals surface area contributed by atoms with Crippen molar-refractivity contribution in [1.82, 2.24) is 4.72 Å². The third-order valence-electron chi connectivity index (χ3n) is 6.09. The predicted octanol–water partition coefficient (Wildman–Crippen LogP) is 4.03. The molecule has 3 rings (SSSR count). The summed E-state index contributed by atoms with van der Waals surface area (Å²) in [6.45, 7) is 6.36. The second kappa shape index (κ2) is 12.4. The van der Waals surface area contributed by atoms with Gasteiger partial charge in [0, 0.05) is 11.4 Å². The normalized spacial score (nSPS) is 12.8. The van der Waals surface area contributed by atoms with Gasteiger partial charge in [-0.1, -0.05) is 38.5 Å². The summed E-state index contributed by atoms with van der Waals surface area (Å²) in [5, 5.41) is 2.64. The SMILES string of the molecule is COc1ccc(N(C(=O)CNS(=O)(=O)c2ccc(C)cc2)C(C(=O)Nc2ccc(S(=O)(=O)F)cc2)C(C)(C)C)cc1. The van der Waals surface area contributed by atoms with Crippen LogP contribution in [0.5, 0.6) is 5.75 Å². The number of benzene rings is 3. The Morgan fingerprint density at radius 3 is 1.90 bits per heavy atom. The summed E-state index contributed by atoms with van der Waals surface area (Å²) in [6.07, 6.45) is 0. The molecule has 13 heteroatoms. The smallest absolute Gasteiger partial charge is 0.332 e. The highest BCUT2D eigenvalue weighted by Crippen LogP contribution is 2.31. The minimum atomic E-state index is -4.93. The highest BCUT2D eigenvalue weighted by Gasteiger charge is 2.40. The number of hydrogen-bond acceptors (Lipinski definition) is 7. The van der Waals surface area contributed by atoms with Crippen LogP contribution in [0.1, 0.15) is 26.3 Å². The summed E-state index contributed by atoms with van der Waals surface area (Å²) in [5.74, 6) is -0.848. The first-order valence-corrected chi connectivity index (χ1v) is 15.3. The van der Waals surface area contributed by atoms with Crippen molar-refractivity contribution < 1.29 is 35.0 Å². The van der Waals surface area contributed by atoms with Crippen LogP contribution >= 0.6 is 0 Å². The van der Waals surface area contributed by atoms with E-state index in [0.717, 1.165) is 17.7 Å². The number of rotatable bonds is 10. The van der Waals surface area contributed by atoms with E-state index >= 15 is 0 Å². The van der Waals surface area contributed by atoms with Gasteiger partial charge in [0.15, 0.2) is 0 Å². The Balaban J connectivity index is 1.97. The van der Waals surface area contributed by atoms with Crippen LogP contribution in [-0.4, -0.2) is 48.3 Å². The van der Waals surface area contributed by atoms with E-state index in [1.807, 2.05) is 6.92 Å². The van der Waals surface area contributed by atoms with Crippen molar-refractivity contribution in [3.05, 3.63) is 78.4 Å². The zero-order valence-electron chi connectivity index (χ0n) is 23.2. The lowest BCUT2D eigenvalue weighted by molar-refractivity contribution is -0.125. The van der Waals surface area contributed by atoms with E-state index in [1.165, 1.54) is 36.3 Å². The number of aryl methyl sites for hydroxylation is 1. The fourth-order valence-electron chi connectivity index (χ4n) is 4.03. The first kappa shape index (κ1) is 31.7. The van der Waals surface area contributed by atoms with Crippen LogP contribution in [0.15, 0.2) is 82.6 Å². The summed E-state index contributed by atoms with van der Waals surface area (Å²) in [5.41, 5.74) is 0.460. The fourth-order valence-corrected chi connectivity index (χ4v) is 5.47. The van der Waals surface area contributed by atoms with Crippen LogP contribution in [0.3, 0.4) is 0 Å². The Morgan fingerprint density at radius 2 is 1.41 bits per heavy atom. The van der Waals surface area contributed by atoms with Gasteiger partial charge in [-0.15, -0.1) is 3.89 Å². The number of carbonyl (C=O) groups is 2. The van der Waals surface area contributed by atoms with Gasteiger partial charge in [0.25, 0.3) is 0 Å². The van der Waals surface area contributed by atoms with Crippen LogP contribution in [-0.2, 0) is 29.8 Å². The number of amides is 2. The molecular weight excluding hydrogens is 573 g/mol. The molecular formula is C28H32FN3O7S2. The molecule has 220 valence electrons. The maximum atomic E-state index is 13.7. The van der Waals surface area contributed by atoms with E-state index in [0.29, 0.717) is 11.4 Å². The summed E-state index contributed by atoms with van der Waals surface area (Å²) >= 11 is 0. The number of sulfonamides is 1. The average Bonchev–Trinajstić information content (AvgIpc) is 2.89. The summed E-state index contributed by atoms with van der Waals surface area (Å²) in [4.78, 5) is 28.0. The highest BCUT2D eigenvalue weighted by atomic mass is 32.3. The molecule has 10 nitrogen and oxygen atoms in total. The maximum absolute atomic E-state index is 13.7. The minimum absolute atomic E-state index is 0.0178. The number of nitrogens with zero attached hydrogens (tertiary/aromatic N) is 1. The molecule has 0 radical (unpaired) electrons. The molecule has 0 spiro atoms. The van der Waals surface area contributed by atoms with Gasteiger partial charge in [0.1, 0.15) is 11.8 Å². The van der Waals surface area contributed by atoms with Crippen molar-refractivity contribution in [2.75, 3.05) is 23.9 Å². The zero-order valence-corrected chi connectivity index (χ0v) is 24.8. The highest BCUT2D eigenvalue weighted by molar-refractivity contribution is 7.89. The van der Waals surface area contributed by atoms with E-state index in [1.54, 1.807) is 57.2 Å². The van der Waals surface area contributed by atoms with Crippen molar-refractivity contribution in [3.8, 4) is 5.75 Å². The third-order valence-corrected chi connectivity index (χ3v) is 8.35. The van der Waals surface area contributed by atoms with Gasteiger partial charge in [0.2, 0.25) is 21.8 Å². The molecule has 3 aromatic rings. The Labute approximate surface area is 239 Å². The molecule has 3 aromatic carbocycles. The third kappa shape index (κ3) is 8.12. The molecule has 0 bridgehead atoms. The molecule has 1 atom stereocenters. The molecule has 0 aliphatic rings. The van der Waals surface area contributed by atoms with E-state index < -0.39 is 55.0 Å². The van der Waals surface area contributed by atoms with Crippen LogP contribution in [0.4, 0.5) is 15.3 Å². The number of halogens is 1. The number of anilines is 2. The lowest BCUT2D eigenvalue weighted by Gasteiger charge is -2.39. The molecule has 0 aliphatic carbocycles. The van der Waals surface area contributed by atoms with Gasteiger partial charge in [-0.05, 0) is 73.0 Å². The Bertz CT molecular complexity index is 1600. The quantitative estimate of drug-likeness (QED) is 0.333. The molecule has 0 saturated carbocycles. The summed E-state index contributed by atoms with van der Waals surface area (Å²) in [6, 6.07) is 15.7. The largest absolute Gasteiger partial charge is 0.497 e. The van der Waals surface area contributed by atoms with E-state index in [4.69, 9.17) is 4.74 Å². The molecule has 41 heavy (non-hydrogen) atoms. The van der Waals surface area contributed by atoms with Gasteiger partial charge in [0.05, 0.1) is 23.4 Å². The molecule has 2 N–H and O–H groups in total. The van der Waals surface area contributed by atoms with Crippen LogP contribution in [0, 0.1) is 12.3 Å². The molecule has 0 fully saturated rings. The van der Waals surface area contributed by atoms with Crippen LogP contribution < -0.4 is 19.7 Å². The van der Waals surface area contributed by atoms with Crippen molar-refractivity contribution >= 4 is 43.4 Å². The number of methoxy groups -OCH3 is 1. The van der Waals surface area contributed by atoms with Gasteiger partial charge < -0.3 is 10.1 Å². The molecule has 0 aromatic heterocycles. The van der Waals surface area contributed by atoms with Crippen molar-refractivity contribution in [2.24, 2.45) is 5.41 Å². The predicted molar refractivity (Wildman–Crippen MR) is 153 cm³/mol. The Hall–Kier alpha value is -3.81. The first-order valence-electron chi connectivity index (χ1n) is 12.4. The minimum Gasteiger partial charge on any atom is -0.497 e. The van der Waals surface area contributed by atoms with Gasteiger partial charge in [-0.25, -0.2) is 13.1 Å². The number of carbonyl (C=O) groups excluding carboxylic acids is 2. The molecule has 0 saturated heterocycles.